The Hall–Kier alpha value is -4.74. The van der Waals surface area contributed by atoms with Crippen molar-refractivity contribution in [3.05, 3.63) is 78.1 Å². The summed E-state index contributed by atoms with van der Waals surface area (Å²) in [5, 5.41) is 9.87. The number of morpholine rings is 2. The van der Waals surface area contributed by atoms with E-state index in [1.807, 2.05) is 30.1 Å². The van der Waals surface area contributed by atoms with Gasteiger partial charge in [0.25, 0.3) is 0 Å². The zero-order chi connectivity index (χ0) is 27.2. The number of nitrogens with one attached hydrogen (secondary N) is 3. The lowest BCUT2D eigenvalue weighted by molar-refractivity contribution is -0.0483. The van der Waals surface area contributed by atoms with Gasteiger partial charge in [0.05, 0.1) is 35.3 Å². The fourth-order valence-electron chi connectivity index (χ4n) is 5.58. The second kappa shape index (κ2) is 9.78. The van der Waals surface area contributed by atoms with E-state index in [1.54, 1.807) is 48.8 Å². The van der Waals surface area contributed by atoms with Crippen LogP contribution in [-0.2, 0) is 11.8 Å². The topological polar surface area (TPSA) is 123 Å². The van der Waals surface area contributed by atoms with Gasteiger partial charge in [-0.3, -0.25) is 9.78 Å². The van der Waals surface area contributed by atoms with Crippen LogP contribution in [0.25, 0.3) is 17.1 Å². The molecule has 3 aliphatic rings. The number of Topliss-reactive ketones (excluding diaryl/α,β-unsaturated/α-hetero) is 1. The Morgan fingerprint density at radius 1 is 1.10 bits per heavy atom. The highest BCUT2D eigenvalue weighted by Crippen LogP contribution is 2.37. The van der Waals surface area contributed by atoms with Crippen molar-refractivity contribution in [3.63, 3.8) is 0 Å². The molecule has 3 N–H and O–H groups in total. The van der Waals surface area contributed by atoms with E-state index < -0.39 is 6.03 Å². The van der Waals surface area contributed by atoms with Crippen molar-refractivity contribution < 1.29 is 19.1 Å². The van der Waals surface area contributed by atoms with Gasteiger partial charge in [0.1, 0.15) is 11.4 Å². The molecule has 3 aromatic heterocycles. The van der Waals surface area contributed by atoms with E-state index in [1.165, 1.54) is 0 Å². The molecule has 0 spiro atoms. The number of rotatable bonds is 4. The molecule has 1 aromatic carbocycles. The first kappa shape index (κ1) is 24.3. The normalized spacial score (nSPS) is 20.9. The van der Waals surface area contributed by atoms with E-state index >= 15 is 0 Å². The number of hydrogen-bond acceptors (Lipinski definition) is 8. The first-order valence-electron chi connectivity index (χ1n) is 13.1. The molecule has 6 heterocycles. The summed E-state index contributed by atoms with van der Waals surface area (Å²) in [6.45, 7) is 3.21. The van der Waals surface area contributed by atoms with Gasteiger partial charge in [-0.2, -0.15) is 0 Å². The molecule has 3 aliphatic heterocycles. The van der Waals surface area contributed by atoms with Crippen molar-refractivity contribution in [1.29, 1.82) is 0 Å². The highest BCUT2D eigenvalue weighted by molar-refractivity contribution is 6.16. The number of carbonyl (C=O) groups excluding carboxylic acids is 2. The summed E-state index contributed by atoms with van der Waals surface area (Å²) < 4.78 is 14.1. The summed E-state index contributed by atoms with van der Waals surface area (Å²) in [5.74, 6) is 0.416. The minimum Gasteiger partial charge on any atom is -0.452 e. The molecule has 202 valence electrons. The van der Waals surface area contributed by atoms with Crippen LogP contribution in [0.15, 0.2) is 66.9 Å². The van der Waals surface area contributed by atoms with E-state index in [9.17, 15) is 9.59 Å². The monoisotopic (exact) mass is 537 g/mol. The van der Waals surface area contributed by atoms with Gasteiger partial charge >= 0.3 is 6.03 Å². The lowest BCUT2D eigenvalue weighted by Gasteiger charge is -2.43. The van der Waals surface area contributed by atoms with Crippen LogP contribution in [0.3, 0.4) is 0 Å². The number of fused-ring (bicyclic) bond motifs is 4. The molecule has 11 heteroatoms. The number of urea groups is 1. The van der Waals surface area contributed by atoms with Crippen molar-refractivity contribution in [2.24, 2.45) is 7.05 Å². The Bertz CT molecular complexity index is 1650. The zero-order valence-corrected chi connectivity index (χ0v) is 21.8. The maximum absolute atomic E-state index is 13.4. The van der Waals surface area contributed by atoms with E-state index in [4.69, 9.17) is 9.47 Å². The minimum atomic E-state index is -0.436. The summed E-state index contributed by atoms with van der Waals surface area (Å²) in [6.07, 6.45) is 9.00. The molecular weight excluding hydrogens is 510 g/mol. The molecule has 7 rings (SSSR count). The van der Waals surface area contributed by atoms with Gasteiger partial charge in [0.15, 0.2) is 5.76 Å². The van der Waals surface area contributed by atoms with Crippen LogP contribution in [0.1, 0.15) is 15.9 Å². The average Bonchev–Trinajstić information content (AvgIpc) is 3.44. The van der Waals surface area contributed by atoms with Crippen LogP contribution < -0.4 is 25.6 Å². The smallest absolute Gasteiger partial charge is 0.323 e. The predicted octanol–water partition coefficient (Wildman–Crippen LogP) is 3.41. The van der Waals surface area contributed by atoms with Crippen molar-refractivity contribution in [2.75, 3.05) is 41.7 Å². The predicted molar refractivity (Wildman–Crippen MR) is 151 cm³/mol. The summed E-state index contributed by atoms with van der Waals surface area (Å²) in [6, 6.07) is 10.1. The minimum absolute atomic E-state index is 0.129. The summed E-state index contributed by atoms with van der Waals surface area (Å²) in [4.78, 5) is 36.8. The number of ether oxygens (including phenoxy) is 2. The van der Waals surface area contributed by atoms with E-state index in [0.29, 0.717) is 22.7 Å². The number of carbonyl (C=O) groups is 2. The van der Waals surface area contributed by atoms with Crippen LogP contribution >= 0.6 is 0 Å². The van der Waals surface area contributed by atoms with Gasteiger partial charge < -0.3 is 34.9 Å². The third kappa shape index (κ3) is 4.44. The molecular formula is C29H27N7O4. The quantitative estimate of drug-likeness (QED) is 0.339. The maximum Gasteiger partial charge on any atom is 0.323 e. The summed E-state index contributed by atoms with van der Waals surface area (Å²) in [7, 11) is 1.94. The lowest BCUT2D eigenvalue weighted by atomic mass is 10.1. The molecule has 2 amide bonds. The van der Waals surface area contributed by atoms with Crippen LogP contribution in [-0.4, -0.2) is 64.7 Å². The van der Waals surface area contributed by atoms with Crippen molar-refractivity contribution >= 4 is 46.0 Å². The largest absolute Gasteiger partial charge is 0.452 e. The van der Waals surface area contributed by atoms with Crippen molar-refractivity contribution in [3.8, 4) is 5.75 Å². The number of amides is 2. The standard InChI is InChI=1S/C29H27N7O4/c1-35-14-17(26-23(6-8-32-28(26)35)36-15-20-12-31-13-21(16-36)39-20)9-25-27(37)22-10-18(4-5-24(22)40-25)33-29(38)34-19-3-2-7-30-11-19/h2-11,14,20-21,31H,12-13,15-16H2,1H3,(H2,33,34,38). The van der Waals surface area contributed by atoms with Gasteiger partial charge in [0, 0.05) is 68.5 Å². The Kier molecular flexibility index (Phi) is 5.94. The number of allylic oxidation sites excluding steroid dienone is 1. The summed E-state index contributed by atoms with van der Waals surface area (Å²) >= 11 is 0. The number of benzene rings is 1. The first-order valence-corrected chi connectivity index (χ1v) is 13.1. The lowest BCUT2D eigenvalue weighted by Crippen LogP contribution is -2.58. The molecule has 0 saturated carbocycles. The highest BCUT2D eigenvalue weighted by Gasteiger charge is 2.33. The fourth-order valence-corrected chi connectivity index (χ4v) is 5.58. The van der Waals surface area contributed by atoms with Crippen LogP contribution in [0, 0.1) is 0 Å². The van der Waals surface area contributed by atoms with Gasteiger partial charge in [-0.15, -0.1) is 0 Å². The Morgan fingerprint density at radius 3 is 2.73 bits per heavy atom. The Morgan fingerprint density at radius 2 is 1.93 bits per heavy atom. The number of aryl methyl sites for hydroxylation is 1. The molecule has 2 bridgehead atoms. The van der Waals surface area contributed by atoms with Crippen LogP contribution in [0.2, 0.25) is 0 Å². The van der Waals surface area contributed by atoms with Crippen LogP contribution in [0.5, 0.6) is 5.75 Å². The zero-order valence-electron chi connectivity index (χ0n) is 21.8. The molecule has 0 radical (unpaired) electrons. The molecule has 40 heavy (non-hydrogen) atoms. The van der Waals surface area contributed by atoms with Gasteiger partial charge in [-0.05, 0) is 42.5 Å². The van der Waals surface area contributed by atoms with Gasteiger partial charge in [0.2, 0.25) is 5.78 Å². The number of hydrogen-bond donors (Lipinski definition) is 3. The maximum atomic E-state index is 13.4. The second-order valence-electron chi connectivity index (χ2n) is 10.1. The number of anilines is 3. The van der Waals surface area contributed by atoms with E-state index in [0.717, 1.165) is 48.5 Å². The number of nitrogens with zero attached hydrogens (tertiary/aromatic N) is 4. The molecule has 2 saturated heterocycles. The third-order valence-electron chi connectivity index (χ3n) is 7.31. The van der Waals surface area contributed by atoms with Gasteiger partial charge in [-0.1, -0.05) is 0 Å². The highest BCUT2D eigenvalue weighted by atomic mass is 16.5. The van der Waals surface area contributed by atoms with Crippen molar-refractivity contribution in [1.82, 2.24) is 19.9 Å². The molecule has 2 atom stereocenters. The number of ketones is 1. The number of aromatic nitrogens is 3. The Balaban J connectivity index is 1.16. The van der Waals surface area contributed by atoms with E-state index in [-0.39, 0.29) is 23.8 Å². The molecule has 0 aliphatic carbocycles. The number of pyridine rings is 2. The van der Waals surface area contributed by atoms with E-state index in [2.05, 4.69) is 30.8 Å². The molecule has 4 aromatic rings. The SMILES string of the molecule is Cn1cc(C=C2Oc3ccc(NC(=O)Nc4cccnc4)cc3C2=O)c2c(N3CC4CNCC(C3)O4)ccnc21. The fraction of sp³-hybridized carbons (Fsp3) is 0.241. The van der Waals surface area contributed by atoms with Crippen LogP contribution in [0.4, 0.5) is 21.9 Å². The molecule has 2 unspecified atom stereocenters. The molecule has 2 fully saturated rings. The molecule has 11 nitrogen and oxygen atoms in total. The first-order chi connectivity index (χ1) is 19.5. The average molecular weight is 538 g/mol. The van der Waals surface area contributed by atoms with Gasteiger partial charge in [-0.25, -0.2) is 9.78 Å². The third-order valence-corrected chi connectivity index (χ3v) is 7.31. The second-order valence-corrected chi connectivity index (χ2v) is 10.1. The van der Waals surface area contributed by atoms with Crippen molar-refractivity contribution in [2.45, 2.75) is 12.2 Å². The Labute approximate surface area is 229 Å². The summed E-state index contributed by atoms with van der Waals surface area (Å²) in [5.41, 5.74) is 4.16.